The standard InChI is InChI=1S/C18H26/c1-7-10-16(14(5)8-2)17-12-9-11-15(6)18(17)13(3)4/h7-8,10-11,13H,2,9,12H2,1,3-6H3/b10-7-,16-14+. The van der Waals surface area contributed by atoms with E-state index in [0.717, 1.165) is 12.8 Å². The molecule has 1 rings (SSSR count). The smallest absolute Gasteiger partial charge is 0.0196 e. The van der Waals surface area contributed by atoms with Crippen LogP contribution in [0.15, 0.2) is 58.7 Å². The molecule has 0 atom stereocenters. The molecule has 0 heteroatoms. The fraction of sp³-hybridized carbons (Fsp3) is 0.444. The summed E-state index contributed by atoms with van der Waals surface area (Å²) >= 11 is 0. The van der Waals surface area contributed by atoms with Gasteiger partial charge in [0.05, 0.1) is 0 Å². The Labute approximate surface area is 112 Å². The fourth-order valence-corrected chi connectivity index (χ4v) is 2.75. The van der Waals surface area contributed by atoms with Gasteiger partial charge in [-0.25, -0.2) is 0 Å². The Morgan fingerprint density at radius 3 is 2.56 bits per heavy atom. The third-order valence-electron chi connectivity index (χ3n) is 3.56. The molecule has 0 unspecified atom stereocenters. The van der Waals surface area contributed by atoms with Crippen molar-refractivity contribution in [1.29, 1.82) is 0 Å². The van der Waals surface area contributed by atoms with Crippen molar-refractivity contribution in [1.82, 2.24) is 0 Å². The summed E-state index contributed by atoms with van der Waals surface area (Å²) in [6.07, 6.45) is 11.0. The minimum Gasteiger partial charge on any atom is -0.0988 e. The highest BCUT2D eigenvalue weighted by Crippen LogP contribution is 2.36. The monoisotopic (exact) mass is 242 g/mol. The van der Waals surface area contributed by atoms with Crippen LogP contribution in [-0.2, 0) is 0 Å². The van der Waals surface area contributed by atoms with Gasteiger partial charge in [0.25, 0.3) is 0 Å². The summed E-state index contributed by atoms with van der Waals surface area (Å²) in [4.78, 5) is 0. The van der Waals surface area contributed by atoms with Gasteiger partial charge in [-0.1, -0.05) is 50.3 Å². The van der Waals surface area contributed by atoms with Crippen molar-refractivity contribution in [3.8, 4) is 0 Å². The van der Waals surface area contributed by atoms with Crippen molar-refractivity contribution in [3.05, 3.63) is 58.7 Å². The van der Waals surface area contributed by atoms with E-state index in [0.29, 0.717) is 5.92 Å². The molecule has 18 heavy (non-hydrogen) atoms. The normalized spacial score (nSPS) is 18.2. The van der Waals surface area contributed by atoms with Crippen molar-refractivity contribution in [3.63, 3.8) is 0 Å². The molecular weight excluding hydrogens is 216 g/mol. The minimum atomic E-state index is 0.578. The molecule has 0 saturated heterocycles. The Kier molecular flexibility index (Phi) is 5.40. The van der Waals surface area contributed by atoms with E-state index in [9.17, 15) is 0 Å². The molecule has 0 aromatic carbocycles. The summed E-state index contributed by atoms with van der Waals surface area (Å²) in [6, 6.07) is 0. The number of allylic oxidation sites excluding steroid dienone is 9. The van der Waals surface area contributed by atoms with Gasteiger partial charge in [0.1, 0.15) is 0 Å². The first-order valence-corrected chi connectivity index (χ1v) is 6.89. The molecule has 1 aliphatic rings. The van der Waals surface area contributed by atoms with Gasteiger partial charge in [0.2, 0.25) is 0 Å². The van der Waals surface area contributed by atoms with Crippen LogP contribution in [0.2, 0.25) is 0 Å². The predicted molar refractivity (Wildman–Crippen MR) is 82.6 cm³/mol. The fourth-order valence-electron chi connectivity index (χ4n) is 2.75. The molecular formula is C18H26. The summed E-state index contributed by atoms with van der Waals surface area (Å²) in [5, 5.41) is 0. The van der Waals surface area contributed by atoms with E-state index in [4.69, 9.17) is 0 Å². The van der Waals surface area contributed by atoms with Crippen molar-refractivity contribution < 1.29 is 0 Å². The number of rotatable bonds is 4. The Bertz CT molecular complexity index is 437. The second kappa shape index (κ2) is 6.58. The Hall–Kier alpha value is -1.30. The largest absolute Gasteiger partial charge is 0.0988 e. The zero-order valence-corrected chi connectivity index (χ0v) is 12.5. The lowest BCUT2D eigenvalue weighted by Crippen LogP contribution is -2.07. The lowest BCUT2D eigenvalue weighted by molar-refractivity contribution is 0.740. The zero-order valence-electron chi connectivity index (χ0n) is 12.5. The molecule has 0 radical (unpaired) electrons. The van der Waals surface area contributed by atoms with Crippen LogP contribution in [0.25, 0.3) is 0 Å². The van der Waals surface area contributed by atoms with Crippen molar-refractivity contribution in [2.45, 2.75) is 47.5 Å². The van der Waals surface area contributed by atoms with E-state index >= 15 is 0 Å². The van der Waals surface area contributed by atoms with E-state index < -0.39 is 0 Å². The molecule has 0 fully saturated rings. The van der Waals surface area contributed by atoms with Crippen molar-refractivity contribution in [2.75, 3.05) is 0 Å². The zero-order chi connectivity index (χ0) is 13.7. The van der Waals surface area contributed by atoms with Crippen LogP contribution in [0.1, 0.15) is 47.5 Å². The van der Waals surface area contributed by atoms with Gasteiger partial charge >= 0.3 is 0 Å². The maximum absolute atomic E-state index is 3.92. The highest BCUT2D eigenvalue weighted by Gasteiger charge is 2.18. The SMILES string of the molecule is C=C/C(C)=C(\C=C/C)C1=C(C(C)C)C(C)=CCC1. The van der Waals surface area contributed by atoms with Crippen molar-refractivity contribution >= 4 is 0 Å². The molecule has 0 heterocycles. The predicted octanol–water partition coefficient (Wildman–Crippen LogP) is 5.76. The molecule has 0 spiro atoms. The summed E-state index contributed by atoms with van der Waals surface area (Å²) in [5.41, 5.74) is 7.13. The molecule has 0 N–H and O–H groups in total. The van der Waals surface area contributed by atoms with Gasteiger partial charge in [0.15, 0.2) is 0 Å². The third kappa shape index (κ3) is 3.13. The molecule has 0 aromatic heterocycles. The van der Waals surface area contributed by atoms with Crippen LogP contribution < -0.4 is 0 Å². The maximum atomic E-state index is 3.92. The van der Waals surface area contributed by atoms with Gasteiger partial charge in [-0.05, 0) is 61.8 Å². The van der Waals surface area contributed by atoms with E-state index in [1.165, 1.54) is 27.9 Å². The van der Waals surface area contributed by atoms with E-state index in [1.807, 2.05) is 6.08 Å². The molecule has 0 aromatic rings. The van der Waals surface area contributed by atoms with Crippen molar-refractivity contribution in [2.24, 2.45) is 5.92 Å². The van der Waals surface area contributed by atoms with E-state index in [2.05, 4.69) is 59.4 Å². The van der Waals surface area contributed by atoms with Gasteiger partial charge in [-0.15, -0.1) is 0 Å². The van der Waals surface area contributed by atoms with Crippen LogP contribution in [0.3, 0.4) is 0 Å². The van der Waals surface area contributed by atoms with Gasteiger partial charge in [0, 0.05) is 0 Å². The Morgan fingerprint density at radius 1 is 1.39 bits per heavy atom. The Balaban J connectivity index is 3.45. The third-order valence-corrected chi connectivity index (χ3v) is 3.56. The summed E-state index contributed by atoms with van der Waals surface area (Å²) < 4.78 is 0. The summed E-state index contributed by atoms with van der Waals surface area (Å²) in [6.45, 7) is 15.0. The van der Waals surface area contributed by atoms with Crippen LogP contribution >= 0.6 is 0 Å². The lowest BCUT2D eigenvalue weighted by Gasteiger charge is -2.25. The van der Waals surface area contributed by atoms with E-state index in [1.54, 1.807) is 0 Å². The lowest BCUT2D eigenvalue weighted by atomic mass is 9.80. The van der Waals surface area contributed by atoms with Gasteiger partial charge in [-0.3, -0.25) is 0 Å². The summed E-state index contributed by atoms with van der Waals surface area (Å²) in [7, 11) is 0. The van der Waals surface area contributed by atoms with Gasteiger partial charge in [-0.2, -0.15) is 0 Å². The minimum absolute atomic E-state index is 0.578. The second-order valence-corrected chi connectivity index (χ2v) is 5.27. The van der Waals surface area contributed by atoms with Crippen LogP contribution in [-0.4, -0.2) is 0 Å². The quantitative estimate of drug-likeness (QED) is 0.550. The first-order chi connectivity index (χ1) is 8.52. The van der Waals surface area contributed by atoms with Crippen LogP contribution in [0.5, 0.6) is 0 Å². The molecule has 0 saturated carbocycles. The van der Waals surface area contributed by atoms with E-state index in [-0.39, 0.29) is 0 Å². The topological polar surface area (TPSA) is 0 Å². The highest BCUT2D eigenvalue weighted by atomic mass is 14.2. The average Bonchev–Trinajstić information content (AvgIpc) is 2.34. The first-order valence-electron chi connectivity index (χ1n) is 6.89. The molecule has 0 amide bonds. The highest BCUT2D eigenvalue weighted by molar-refractivity contribution is 5.54. The number of hydrogen-bond donors (Lipinski definition) is 0. The van der Waals surface area contributed by atoms with Crippen LogP contribution in [0, 0.1) is 5.92 Å². The molecule has 0 nitrogen and oxygen atoms in total. The number of hydrogen-bond acceptors (Lipinski definition) is 0. The average molecular weight is 242 g/mol. The molecule has 0 bridgehead atoms. The molecule has 0 aliphatic heterocycles. The maximum Gasteiger partial charge on any atom is -0.0196 e. The second-order valence-electron chi connectivity index (χ2n) is 5.27. The first kappa shape index (κ1) is 14.8. The van der Waals surface area contributed by atoms with Gasteiger partial charge < -0.3 is 0 Å². The molecule has 98 valence electrons. The molecule has 1 aliphatic carbocycles. The van der Waals surface area contributed by atoms with Crippen LogP contribution in [0.4, 0.5) is 0 Å². The Morgan fingerprint density at radius 2 is 2.06 bits per heavy atom. The summed E-state index contributed by atoms with van der Waals surface area (Å²) in [5.74, 6) is 0.578.